The lowest BCUT2D eigenvalue weighted by Crippen LogP contribution is -1.99. The lowest BCUT2D eigenvalue weighted by molar-refractivity contribution is 0.593. The van der Waals surface area contributed by atoms with Crippen LogP contribution in [0, 0.1) is 12.7 Å². The van der Waals surface area contributed by atoms with Gasteiger partial charge in [0.05, 0.1) is 5.75 Å². The average Bonchev–Trinajstić information content (AvgIpc) is 1.96. The smallest absolute Gasteiger partial charge is 0.212 e. The minimum atomic E-state index is -3.68. The Labute approximate surface area is 80.8 Å². The monoisotopic (exact) mass is 222 g/mol. The van der Waals surface area contributed by atoms with Gasteiger partial charge in [-0.25, -0.2) is 12.8 Å². The van der Waals surface area contributed by atoms with Crippen LogP contribution in [0.15, 0.2) is 18.2 Å². The first-order valence-electron chi connectivity index (χ1n) is 3.56. The highest BCUT2D eigenvalue weighted by Crippen LogP contribution is 2.16. The Morgan fingerprint density at radius 2 is 2.08 bits per heavy atom. The van der Waals surface area contributed by atoms with Gasteiger partial charge in [-0.3, -0.25) is 0 Å². The number of aryl methyl sites for hydroxylation is 1. The van der Waals surface area contributed by atoms with Crippen molar-refractivity contribution in [1.29, 1.82) is 0 Å². The molecule has 2 nitrogen and oxygen atoms in total. The third-order valence-corrected chi connectivity index (χ3v) is 2.58. The van der Waals surface area contributed by atoms with Crippen molar-refractivity contribution in [2.75, 3.05) is 0 Å². The molecule has 1 aromatic carbocycles. The molecule has 5 heteroatoms. The second-order valence-corrected chi connectivity index (χ2v) is 5.51. The highest BCUT2D eigenvalue weighted by atomic mass is 35.7. The Balaban J connectivity index is 3.10. The predicted molar refractivity (Wildman–Crippen MR) is 49.6 cm³/mol. The van der Waals surface area contributed by atoms with Crippen molar-refractivity contribution in [3.8, 4) is 0 Å². The molecule has 1 rings (SSSR count). The van der Waals surface area contributed by atoms with Crippen LogP contribution in [-0.4, -0.2) is 8.42 Å². The van der Waals surface area contributed by atoms with Gasteiger partial charge in [-0.15, -0.1) is 0 Å². The topological polar surface area (TPSA) is 34.1 Å². The maximum atomic E-state index is 13.2. The Bertz CT molecular complexity index is 414. The largest absolute Gasteiger partial charge is 0.236 e. The quantitative estimate of drug-likeness (QED) is 0.719. The average molecular weight is 223 g/mol. The van der Waals surface area contributed by atoms with Crippen molar-refractivity contribution in [1.82, 2.24) is 0 Å². The fourth-order valence-electron chi connectivity index (χ4n) is 1.01. The molecule has 1 aromatic rings. The van der Waals surface area contributed by atoms with Gasteiger partial charge in [0.15, 0.2) is 0 Å². The molecule has 0 aromatic heterocycles. The summed E-state index contributed by atoms with van der Waals surface area (Å²) in [6.45, 7) is 1.57. The maximum Gasteiger partial charge on any atom is 0.236 e. The second-order valence-electron chi connectivity index (χ2n) is 2.73. The SMILES string of the molecule is Cc1cccc(CS(=O)(=O)Cl)c1F. The zero-order valence-electron chi connectivity index (χ0n) is 6.92. The fourth-order valence-corrected chi connectivity index (χ4v) is 1.95. The molecule has 72 valence electrons. The van der Waals surface area contributed by atoms with E-state index in [1.807, 2.05) is 0 Å². The van der Waals surface area contributed by atoms with Crippen molar-refractivity contribution in [3.63, 3.8) is 0 Å². The summed E-state index contributed by atoms with van der Waals surface area (Å²) in [6, 6.07) is 4.57. The molecule has 0 amide bonds. The minimum absolute atomic E-state index is 0.106. The van der Waals surface area contributed by atoms with E-state index < -0.39 is 20.6 Å². The molecule has 0 atom stereocenters. The van der Waals surface area contributed by atoms with E-state index in [-0.39, 0.29) is 5.56 Å². The van der Waals surface area contributed by atoms with Crippen molar-refractivity contribution in [2.24, 2.45) is 0 Å². The molecule has 0 fully saturated rings. The van der Waals surface area contributed by atoms with E-state index in [2.05, 4.69) is 0 Å². The maximum absolute atomic E-state index is 13.2. The molecule has 0 radical (unpaired) electrons. The van der Waals surface area contributed by atoms with Gasteiger partial charge in [0.25, 0.3) is 0 Å². The summed E-state index contributed by atoms with van der Waals surface area (Å²) in [4.78, 5) is 0. The Hall–Kier alpha value is -0.610. The summed E-state index contributed by atoms with van der Waals surface area (Å²) in [6.07, 6.45) is 0. The summed E-state index contributed by atoms with van der Waals surface area (Å²) >= 11 is 0. The van der Waals surface area contributed by atoms with Gasteiger partial charge in [-0.05, 0) is 12.5 Å². The lowest BCUT2D eigenvalue weighted by Gasteiger charge is -2.02. The van der Waals surface area contributed by atoms with Crippen LogP contribution >= 0.6 is 10.7 Å². The van der Waals surface area contributed by atoms with Gasteiger partial charge in [-0.2, -0.15) is 0 Å². The summed E-state index contributed by atoms with van der Waals surface area (Å²) < 4.78 is 34.5. The minimum Gasteiger partial charge on any atom is -0.212 e. The Morgan fingerprint density at radius 3 is 2.62 bits per heavy atom. The van der Waals surface area contributed by atoms with Crippen molar-refractivity contribution in [2.45, 2.75) is 12.7 Å². The second kappa shape index (κ2) is 3.64. The van der Waals surface area contributed by atoms with E-state index in [1.165, 1.54) is 6.07 Å². The number of benzene rings is 1. The fraction of sp³-hybridized carbons (Fsp3) is 0.250. The van der Waals surface area contributed by atoms with Gasteiger partial charge in [0.2, 0.25) is 9.05 Å². The summed E-state index contributed by atoms with van der Waals surface area (Å²) in [5, 5.41) is 0. The number of hydrogen-bond acceptors (Lipinski definition) is 2. The first-order valence-corrected chi connectivity index (χ1v) is 6.04. The molecular formula is C8H8ClFO2S. The summed E-state index contributed by atoms with van der Waals surface area (Å²) in [7, 11) is 1.31. The third kappa shape index (κ3) is 2.97. The summed E-state index contributed by atoms with van der Waals surface area (Å²) in [5.41, 5.74) is 0.521. The lowest BCUT2D eigenvalue weighted by atomic mass is 10.1. The molecule has 0 unspecified atom stereocenters. The van der Waals surface area contributed by atoms with Crippen LogP contribution in [0.5, 0.6) is 0 Å². The van der Waals surface area contributed by atoms with Crippen LogP contribution in [0.1, 0.15) is 11.1 Å². The first-order chi connectivity index (χ1) is 5.90. The molecule has 0 aliphatic rings. The number of hydrogen-bond donors (Lipinski definition) is 0. The molecule has 0 N–H and O–H groups in total. The van der Waals surface area contributed by atoms with E-state index in [0.717, 1.165) is 0 Å². The van der Waals surface area contributed by atoms with Crippen LogP contribution in [-0.2, 0) is 14.8 Å². The Kier molecular flexibility index (Phi) is 2.93. The van der Waals surface area contributed by atoms with Crippen molar-refractivity contribution >= 4 is 19.7 Å². The highest BCUT2D eigenvalue weighted by Gasteiger charge is 2.12. The van der Waals surface area contributed by atoms with Crippen LogP contribution in [0.25, 0.3) is 0 Å². The Morgan fingerprint density at radius 1 is 1.46 bits per heavy atom. The van der Waals surface area contributed by atoms with Gasteiger partial charge >= 0.3 is 0 Å². The molecule has 0 aliphatic carbocycles. The zero-order chi connectivity index (χ0) is 10.1. The normalized spacial score (nSPS) is 11.6. The molecule has 13 heavy (non-hydrogen) atoms. The molecule has 0 heterocycles. The first kappa shape index (κ1) is 10.5. The van der Waals surface area contributed by atoms with E-state index in [1.54, 1.807) is 19.1 Å². The van der Waals surface area contributed by atoms with E-state index >= 15 is 0 Å². The van der Waals surface area contributed by atoms with E-state index in [4.69, 9.17) is 10.7 Å². The van der Waals surface area contributed by atoms with Crippen molar-refractivity contribution < 1.29 is 12.8 Å². The molecule has 0 bridgehead atoms. The van der Waals surface area contributed by atoms with E-state index in [9.17, 15) is 12.8 Å². The zero-order valence-corrected chi connectivity index (χ0v) is 8.49. The molecule has 0 aliphatic heterocycles. The molecular weight excluding hydrogens is 215 g/mol. The van der Waals surface area contributed by atoms with Gasteiger partial charge in [-0.1, -0.05) is 18.2 Å². The molecule has 0 spiro atoms. The predicted octanol–water partition coefficient (Wildman–Crippen LogP) is 2.20. The highest BCUT2D eigenvalue weighted by molar-refractivity contribution is 8.13. The van der Waals surface area contributed by atoms with Crippen LogP contribution in [0.2, 0.25) is 0 Å². The third-order valence-electron chi connectivity index (χ3n) is 1.60. The van der Waals surface area contributed by atoms with Gasteiger partial charge in [0, 0.05) is 16.2 Å². The standard InChI is InChI=1S/C8H8ClFO2S/c1-6-3-2-4-7(8(6)10)5-13(9,11)12/h2-4H,5H2,1H3. The molecule has 0 saturated heterocycles. The molecule has 0 saturated carbocycles. The van der Waals surface area contributed by atoms with Gasteiger partial charge in [0.1, 0.15) is 5.82 Å². The van der Waals surface area contributed by atoms with Crippen LogP contribution < -0.4 is 0 Å². The van der Waals surface area contributed by atoms with Crippen LogP contribution in [0.4, 0.5) is 4.39 Å². The number of halogens is 2. The number of rotatable bonds is 2. The summed E-state index contributed by atoms with van der Waals surface area (Å²) in [5.74, 6) is -0.978. The van der Waals surface area contributed by atoms with Crippen molar-refractivity contribution in [3.05, 3.63) is 35.1 Å². The van der Waals surface area contributed by atoms with Crippen LogP contribution in [0.3, 0.4) is 0 Å². The van der Waals surface area contributed by atoms with E-state index in [0.29, 0.717) is 5.56 Å². The van der Waals surface area contributed by atoms with Gasteiger partial charge < -0.3 is 0 Å².